The van der Waals surface area contributed by atoms with Crippen LogP contribution in [0.15, 0.2) is 18.3 Å². The molecule has 0 saturated heterocycles. The van der Waals surface area contributed by atoms with Crippen molar-refractivity contribution < 1.29 is 4.74 Å². The van der Waals surface area contributed by atoms with Crippen LogP contribution in [0.3, 0.4) is 0 Å². The second-order valence-electron chi connectivity index (χ2n) is 4.55. The summed E-state index contributed by atoms with van der Waals surface area (Å²) in [6, 6.07) is 3.83. The maximum absolute atomic E-state index is 5.65. The minimum atomic E-state index is 0.335. The van der Waals surface area contributed by atoms with Gasteiger partial charge in [0.15, 0.2) is 0 Å². The maximum atomic E-state index is 5.65. The highest BCUT2D eigenvalue weighted by molar-refractivity contribution is 7.80. The van der Waals surface area contributed by atoms with Crippen LogP contribution in [0.5, 0.6) is 0 Å². The minimum Gasteiger partial charge on any atom is -0.388 e. The van der Waals surface area contributed by atoms with E-state index in [2.05, 4.69) is 4.98 Å². The molecule has 0 aromatic carbocycles. The summed E-state index contributed by atoms with van der Waals surface area (Å²) in [5.41, 5.74) is 7.28. The van der Waals surface area contributed by atoms with Crippen LogP contribution in [0.4, 0.5) is 0 Å². The quantitative estimate of drug-likeness (QED) is 0.622. The van der Waals surface area contributed by atoms with Gasteiger partial charge in [-0.25, -0.2) is 0 Å². The van der Waals surface area contributed by atoms with Crippen molar-refractivity contribution in [2.75, 3.05) is 6.61 Å². The lowest BCUT2D eigenvalue weighted by atomic mass is 9.83. The Morgan fingerprint density at radius 2 is 2.35 bits per heavy atom. The largest absolute Gasteiger partial charge is 0.388 e. The van der Waals surface area contributed by atoms with Gasteiger partial charge < -0.3 is 10.5 Å². The van der Waals surface area contributed by atoms with Gasteiger partial charge in [0.1, 0.15) is 4.99 Å². The molecule has 0 spiro atoms. The zero-order chi connectivity index (χ0) is 12.1. The van der Waals surface area contributed by atoms with Gasteiger partial charge in [-0.05, 0) is 30.0 Å². The Hall–Kier alpha value is -1.00. The van der Waals surface area contributed by atoms with Crippen molar-refractivity contribution in [1.29, 1.82) is 0 Å². The Balaban J connectivity index is 1.73. The molecule has 17 heavy (non-hydrogen) atoms. The molecule has 1 aromatic rings. The summed E-state index contributed by atoms with van der Waals surface area (Å²) in [5, 5.41) is 0. The molecule has 0 atom stereocenters. The first-order chi connectivity index (χ1) is 8.25. The smallest absolute Gasteiger partial charge is 0.122 e. The first-order valence-corrected chi connectivity index (χ1v) is 6.49. The van der Waals surface area contributed by atoms with Crippen LogP contribution < -0.4 is 5.73 Å². The molecule has 1 aromatic heterocycles. The Bertz CT molecular complexity index is 391. The molecule has 0 aliphatic heterocycles. The number of pyridine rings is 1. The summed E-state index contributed by atoms with van der Waals surface area (Å²) in [6.07, 6.45) is 7.06. The van der Waals surface area contributed by atoms with Crippen molar-refractivity contribution in [1.82, 2.24) is 4.98 Å². The monoisotopic (exact) mass is 250 g/mol. The minimum absolute atomic E-state index is 0.335. The molecule has 3 nitrogen and oxygen atoms in total. The fraction of sp³-hybridized carbons (Fsp3) is 0.538. The molecule has 2 rings (SSSR count). The molecule has 0 bridgehead atoms. The normalized spacial score (nSPS) is 15.5. The van der Waals surface area contributed by atoms with Crippen molar-refractivity contribution in [3.63, 3.8) is 0 Å². The van der Waals surface area contributed by atoms with E-state index in [1.807, 2.05) is 12.1 Å². The van der Waals surface area contributed by atoms with Crippen molar-refractivity contribution in [3.8, 4) is 0 Å². The van der Waals surface area contributed by atoms with E-state index in [0.717, 1.165) is 18.1 Å². The van der Waals surface area contributed by atoms with E-state index in [1.165, 1.54) is 25.7 Å². The maximum Gasteiger partial charge on any atom is 0.122 e. The van der Waals surface area contributed by atoms with E-state index >= 15 is 0 Å². The number of thiocarbonyl (C=S) groups is 1. The van der Waals surface area contributed by atoms with E-state index in [-0.39, 0.29) is 0 Å². The van der Waals surface area contributed by atoms with Crippen molar-refractivity contribution in [2.45, 2.75) is 32.3 Å². The fourth-order valence-corrected chi connectivity index (χ4v) is 2.03. The topological polar surface area (TPSA) is 48.1 Å². The zero-order valence-corrected chi connectivity index (χ0v) is 10.7. The molecule has 4 heteroatoms. The SMILES string of the molecule is NC(=S)c1cc(COCCC2CCC2)ccn1. The van der Waals surface area contributed by atoms with E-state index in [4.69, 9.17) is 22.7 Å². The lowest BCUT2D eigenvalue weighted by Gasteiger charge is -2.24. The molecule has 0 amide bonds. The van der Waals surface area contributed by atoms with E-state index in [0.29, 0.717) is 17.3 Å². The summed E-state index contributed by atoms with van der Waals surface area (Å²) in [5.74, 6) is 0.902. The summed E-state index contributed by atoms with van der Waals surface area (Å²) in [4.78, 5) is 4.43. The number of aromatic nitrogens is 1. The van der Waals surface area contributed by atoms with Crippen molar-refractivity contribution in [3.05, 3.63) is 29.6 Å². The van der Waals surface area contributed by atoms with Crippen LogP contribution in [0.1, 0.15) is 36.9 Å². The van der Waals surface area contributed by atoms with Gasteiger partial charge >= 0.3 is 0 Å². The third-order valence-corrected chi connectivity index (χ3v) is 3.45. The molecule has 1 heterocycles. The second kappa shape index (κ2) is 6.07. The molecule has 1 aliphatic carbocycles. The van der Waals surface area contributed by atoms with Gasteiger partial charge in [-0.1, -0.05) is 31.5 Å². The Labute approximate surface area is 107 Å². The summed E-state index contributed by atoms with van der Waals surface area (Å²) >= 11 is 4.89. The predicted molar refractivity (Wildman–Crippen MR) is 71.7 cm³/mol. The Morgan fingerprint density at radius 3 is 3.00 bits per heavy atom. The van der Waals surface area contributed by atoms with E-state index < -0.39 is 0 Å². The van der Waals surface area contributed by atoms with Crippen molar-refractivity contribution >= 4 is 17.2 Å². The van der Waals surface area contributed by atoms with Gasteiger partial charge in [0.2, 0.25) is 0 Å². The fourth-order valence-electron chi connectivity index (χ4n) is 1.92. The molecular weight excluding hydrogens is 232 g/mol. The molecule has 1 aliphatic rings. The number of nitrogens with two attached hydrogens (primary N) is 1. The third-order valence-electron chi connectivity index (χ3n) is 3.24. The first kappa shape index (κ1) is 12.5. The standard InChI is InChI=1S/C13H18N2OS/c14-13(17)12-8-11(4-6-15-12)9-16-7-5-10-2-1-3-10/h4,6,8,10H,1-3,5,7,9H2,(H2,14,17). The molecule has 92 valence electrons. The van der Waals surface area contributed by atoms with Crippen LogP contribution in [-0.4, -0.2) is 16.6 Å². The number of rotatable bonds is 6. The van der Waals surface area contributed by atoms with Gasteiger partial charge in [-0.3, -0.25) is 4.98 Å². The van der Waals surface area contributed by atoms with E-state index in [9.17, 15) is 0 Å². The highest BCUT2D eigenvalue weighted by Crippen LogP contribution is 2.29. The van der Waals surface area contributed by atoms with Crippen LogP contribution in [0.2, 0.25) is 0 Å². The highest BCUT2D eigenvalue weighted by atomic mass is 32.1. The first-order valence-electron chi connectivity index (χ1n) is 6.08. The number of nitrogens with zero attached hydrogens (tertiary/aromatic N) is 1. The van der Waals surface area contributed by atoms with Crippen LogP contribution in [0, 0.1) is 5.92 Å². The third kappa shape index (κ3) is 3.75. The number of hydrogen-bond donors (Lipinski definition) is 1. The van der Waals surface area contributed by atoms with Gasteiger partial charge in [0.25, 0.3) is 0 Å². The number of ether oxygens (including phenoxy) is 1. The summed E-state index contributed by atoms with van der Waals surface area (Å²) in [7, 11) is 0. The predicted octanol–water partition coefficient (Wildman–Crippen LogP) is 2.42. The summed E-state index contributed by atoms with van der Waals surface area (Å²) < 4.78 is 5.65. The van der Waals surface area contributed by atoms with Gasteiger partial charge in [0.05, 0.1) is 12.3 Å². The number of hydrogen-bond acceptors (Lipinski definition) is 3. The molecule has 1 fully saturated rings. The van der Waals surface area contributed by atoms with E-state index in [1.54, 1.807) is 6.20 Å². The molecule has 0 radical (unpaired) electrons. The van der Waals surface area contributed by atoms with Crippen LogP contribution in [-0.2, 0) is 11.3 Å². The van der Waals surface area contributed by atoms with Crippen LogP contribution in [0.25, 0.3) is 0 Å². The van der Waals surface area contributed by atoms with Gasteiger partial charge in [0, 0.05) is 12.8 Å². The molecule has 1 saturated carbocycles. The zero-order valence-electron chi connectivity index (χ0n) is 9.89. The van der Waals surface area contributed by atoms with Crippen LogP contribution >= 0.6 is 12.2 Å². The molecule has 0 unspecified atom stereocenters. The van der Waals surface area contributed by atoms with Gasteiger partial charge in [-0.2, -0.15) is 0 Å². The summed E-state index contributed by atoms with van der Waals surface area (Å²) in [6.45, 7) is 1.46. The van der Waals surface area contributed by atoms with Crippen molar-refractivity contribution in [2.24, 2.45) is 11.7 Å². The molecular formula is C13H18N2OS. The average molecular weight is 250 g/mol. The second-order valence-corrected chi connectivity index (χ2v) is 4.99. The molecule has 2 N–H and O–H groups in total. The lowest BCUT2D eigenvalue weighted by molar-refractivity contribution is 0.0949. The Kier molecular flexibility index (Phi) is 4.45. The lowest BCUT2D eigenvalue weighted by Crippen LogP contribution is -2.14. The average Bonchev–Trinajstić information content (AvgIpc) is 2.27. The highest BCUT2D eigenvalue weighted by Gasteiger charge is 2.16. The Morgan fingerprint density at radius 1 is 1.53 bits per heavy atom. The van der Waals surface area contributed by atoms with Gasteiger partial charge in [-0.15, -0.1) is 0 Å².